The summed E-state index contributed by atoms with van der Waals surface area (Å²) in [6.07, 6.45) is 8.73. The highest BCUT2D eigenvalue weighted by atomic mass is 16.5. The van der Waals surface area contributed by atoms with Crippen LogP contribution in [-0.2, 0) is 16.0 Å². The number of rotatable bonds is 9. The number of benzene rings is 1. The lowest BCUT2D eigenvalue weighted by atomic mass is 10.1. The first-order valence-electron chi connectivity index (χ1n) is 7.44. The Kier molecular flexibility index (Phi) is 13.7. The molecule has 0 unspecified atom stereocenters. The Morgan fingerprint density at radius 2 is 1.63 bits per heavy atom. The Morgan fingerprint density at radius 1 is 0.947 bits per heavy atom. The molecule has 1 rings (SSSR count). The minimum Gasteiger partial charge on any atom is -0.468 e. The molecule has 2 heteroatoms. The van der Waals surface area contributed by atoms with Gasteiger partial charge in [0.15, 0.2) is 0 Å². The number of carbonyl (C=O) groups excluding carboxylic acids is 1. The number of hydrogen-bond donors (Lipinski definition) is 0. The van der Waals surface area contributed by atoms with Crippen LogP contribution in [0, 0.1) is 0 Å². The molecule has 0 saturated heterocycles. The minimum absolute atomic E-state index is 0.482. The Hall–Kier alpha value is -1.31. The molecule has 0 aromatic heterocycles. The predicted molar refractivity (Wildman–Crippen MR) is 81.2 cm³/mol. The molecule has 1 aromatic rings. The van der Waals surface area contributed by atoms with Crippen LogP contribution in [-0.4, -0.2) is 13.1 Å². The smallest absolute Gasteiger partial charge is 0.293 e. The van der Waals surface area contributed by atoms with E-state index in [-0.39, 0.29) is 0 Å². The topological polar surface area (TPSA) is 26.3 Å². The van der Waals surface area contributed by atoms with Gasteiger partial charge in [-0.1, -0.05) is 69.9 Å². The number of aryl methyl sites for hydroxylation is 1. The molecule has 0 aliphatic heterocycles. The predicted octanol–water partition coefficient (Wildman–Crippen LogP) is 4.77. The number of hydrogen-bond acceptors (Lipinski definition) is 2. The quantitative estimate of drug-likeness (QED) is 0.474. The van der Waals surface area contributed by atoms with Gasteiger partial charge in [0.1, 0.15) is 0 Å². The molecule has 0 heterocycles. The van der Waals surface area contributed by atoms with E-state index < -0.39 is 0 Å². The van der Waals surface area contributed by atoms with Gasteiger partial charge in [0.2, 0.25) is 0 Å². The third kappa shape index (κ3) is 12.9. The van der Waals surface area contributed by atoms with Gasteiger partial charge in [0, 0.05) is 0 Å². The second-order valence-corrected chi connectivity index (χ2v) is 4.62. The van der Waals surface area contributed by atoms with Crippen LogP contribution in [0.5, 0.6) is 0 Å². The average Bonchev–Trinajstić information content (AvgIpc) is 2.46. The first-order valence-corrected chi connectivity index (χ1v) is 7.44. The highest BCUT2D eigenvalue weighted by molar-refractivity contribution is 5.36. The van der Waals surface area contributed by atoms with Crippen molar-refractivity contribution in [3.05, 3.63) is 35.9 Å². The van der Waals surface area contributed by atoms with E-state index in [1.807, 2.05) is 6.92 Å². The van der Waals surface area contributed by atoms with Crippen molar-refractivity contribution in [2.24, 2.45) is 0 Å². The summed E-state index contributed by atoms with van der Waals surface area (Å²) in [7, 11) is 0. The van der Waals surface area contributed by atoms with Crippen molar-refractivity contribution < 1.29 is 9.53 Å². The lowest BCUT2D eigenvalue weighted by Gasteiger charge is -1.99. The first-order chi connectivity index (χ1) is 9.35. The van der Waals surface area contributed by atoms with Crippen LogP contribution in [0.3, 0.4) is 0 Å². The molecule has 0 aliphatic carbocycles. The maximum absolute atomic E-state index is 9.46. The summed E-state index contributed by atoms with van der Waals surface area (Å²) in [6, 6.07) is 10.7. The second kappa shape index (κ2) is 14.7. The van der Waals surface area contributed by atoms with Gasteiger partial charge in [-0.25, -0.2) is 0 Å². The molecule has 0 saturated carbocycles. The molecule has 19 heavy (non-hydrogen) atoms. The van der Waals surface area contributed by atoms with Crippen molar-refractivity contribution in [1.29, 1.82) is 0 Å². The summed E-state index contributed by atoms with van der Waals surface area (Å²) in [6.45, 7) is 5.35. The molecule has 0 fully saturated rings. The molecule has 0 aliphatic rings. The Bertz CT molecular complexity index is 283. The van der Waals surface area contributed by atoms with Crippen LogP contribution >= 0.6 is 0 Å². The molecule has 1 aromatic carbocycles. The van der Waals surface area contributed by atoms with E-state index >= 15 is 0 Å². The Balaban J connectivity index is 0.000000399. The van der Waals surface area contributed by atoms with Gasteiger partial charge in [0.05, 0.1) is 6.61 Å². The summed E-state index contributed by atoms with van der Waals surface area (Å²) < 4.78 is 4.39. The fourth-order valence-corrected chi connectivity index (χ4v) is 1.68. The van der Waals surface area contributed by atoms with Crippen LogP contribution in [0.4, 0.5) is 0 Å². The van der Waals surface area contributed by atoms with E-state index in [2.05, 4.69) is 42.0 Å². The molecule has 0 radical (unpaired) electrons. The normalized spacial score (nSPS) is 9.37. The van der Waals surface area contributed by atoms with Gasteiger partial charge in [0.25, 0.3) is 6.47 Å². The Morgan fingerprint density at radius 3 is 2.21 bits per heavy atom. The first kappa shape index (κ1) is 17.7. The van der Waals surface area contributed by atoms with E-state index in [1.165, 1.54) is 37.7 Å². The van der Waals surface area contributed by atoms with Crippen LogP contribution in [0.25, 0.3) is 0 Å². The zero-order chi connectivity index (χ0) is 14.2. The summed E-state index contributed by atoms with van der Waals surface area (Å²) in [5.74, 6) is 0. The highest BCUT2D eigenvalue weighted by Gasteiger charge is 1.90. The third-order valence-electron chi connectivity index (χ3n) is 2.85. The van der Waals surface area contributed by atoms with Gasteiger partial charge >= 0.3 is 0 Å². The summed E-state index contributed by atoms with van der Waals surface area (Å²) in [4.78, 5) is 9.46. The SMILES string of the molecule is CCCCCCc1ccccc1.CCCCOC=O. The molecule has 2 nitrogen and oxygen atoms in total. The fraction of sp³-hybridized carbons (Fsp3) is 0.588. The standard InChI is InChI=1S/C12H18.C5H10O2/c1-2-3-4-6-9-12-10-7-5-8-11-12;1-2-3-4-7-5-6/h5,7-8,10-11H,2-4,6,9H2,1H3;5H,2-4H2,1H3. The van der Waals surface area contributed by atoms with Gasteiger partial charge < -0.3 is 4.74 Å². The molecule has 0 bridgehead atoms. The van der Waals surface area contributed by atoms with Crippen LogP contribution < -0.4 is 0 Å². The van der Waals surface area contributed by atoms with Crippen molar-refractivity contribution in [3.8, 4) is 0 Å². The van der Waals surface area contributed by atoms with Crippen molar-refractivity contribution >= 4 is 6.47 Å². The van der Waals surface area contributed by atoms with Gasteiger partial charge in [-0.3, -0.25) is 4.79 Å². The maximum atomic E-state index is 9.46. The van der Waals surface area contributed by atoms with E-state index in [0.717, 1.165) is 12.8 Å². The molecule has 0 atom stereocenters. The fourth-order valence-electron chi connectivity index (χ4n) is 1.68. The van der Waals surface area contributed by atoms with Crippen LogP contribution in [0.15, 0.2) is 30.3 Å². The molecule has 0 spiro atoms. The van der Waals surface area contributed by atoms with E-state index in [1.54, 1.807) is 0 Å². The summed E-state index contributed by atoms with van der Waals surface area (Å²) >= 11 is 0. The minimum atomic E-state index is 0.482. The largest absolute Gasteiger partial charge is 0.468 e. The number of unbranched alkanes of at least 4 members (excludes halogenated alkanes) is 4. The van der Waals surface area contributed by atoms with Gasteiger partial charge in [-0.15, -0.1) is 0 Å². The second-order valence-electron chi connectivity index (χ2n) is 4.62. The number of ether oxygens (including phenoxy) is 1. The van der Waals surface area contributed by atoms with Crippen LogP contribution in [0.1, 0.15) is 57.9 Å². The third-order valence-corrected chi connectivity index (χ3v) is 2.85. The molecular weight excluding hydrogens is 236 g/mol. The van der Waals surface area contributed by atoms with Crippen molar-refractivity contribution in [2.75, 3.05) is 6.61 Å². The average molecular weight is 264 g/mol. The van der Waals surface area contributed by atoms with Crippen LogP contribution in [0.2, 0.25) is 0 Å². The number of carbonyl (C=O) groups is 1. The van der Waals surface area contributed by atoms with Gasteiger partial charge in [-0.2, -0.15) is 0 Å². The van der Waals surface area contributed by atoms with Crippen molar-refractivity contribution in [2.45, 2.75) is 58.8 Å². The monoisotopic (exact) mass is 264 g/mol. The van der Waals surface area contributed by atoms with Gasteiger partial charge in [-0.05, 0) is 24.8 Å². The molecule has 108 valence electrons. The lowest BCUT2D eigenvalue weighted by Crippen LogP contribution is -1.88. The maximum Gasteiger partial charge on any atom is 0.293 e. The lowest BCUT2D eigenvalue weighted by molar-refractivity contribution is -0.128. The zero-order valence-corrected chi connectivity index (χ0v) is 12.4. The summed E-state index contributed by atoms with van der Waals surface area (Å²) in [5, 5.41) is 0. The highest BCUT2D eigenvalue weighted by Crippen LogP contribution is 2.06. The zero-order valence-electron chi connectivity index (χ0n) is 12.4. The van der Waals surface area contributed by atoms with Crippen molar-refractivity contribution in [1.82, 2.24) is 0 Å². The molecule has 0 amide bonds. The van der Waals surface area contributed by atoms with E-state index in [0.29, 0.717) is 13.1 Å². The van der Waals surface area contributed by atoms with E-state index in [9.17, 15) is 4.79 Å². The molecular formula is C17H28O2. The molecule has 0 N–H and O–H groups in total. The van der Waals surface area contributed by atoms with Crippen molar-refractivity contribution in [3.63, 3.8) is 0 Å². The Labute approximate surface area is 118 Å². The van der Waals surface area contributed by atoms with E-state index in [4.69, 9.17) is 0 Å². The summed E-state index contributed by atoms with van der Waals surface area (Å²) in [5.41, 5.74) is 1.48.